The van der Waals surface area contributed by atoms with Crippen molar-refractivity contribution in [3.05, 3.63) is 0 Å². The van der Waals surface area contributed by atoms with E-state index in [0.29, 0.717) is 13.1 Å². The zero-order valence-corrected chi connectivity index (χ0v) is 19.8. The summed E-state index contributed by atoms with van der Waals surface area (Å²) in [4.78, 5) is 0. The summed E-state index contributed by atoms with van der Waals surface area (Å²) >= 11 is 5.58. The van der Waals surface area contributed by atoms with E-state index in [0.717, 1.165) is 12.8 Å². The van der Waals surface area contributed by atoms with Gasteiger partial charge in [0.2, 0.25) is 10.0 Å². The van der Waals surface area contributed by atoms with Crippen LogP contribution in [0.2, 0.25) is 0 Å². The Hall–Kier alpha value is 0.200. The summed E-state index contributed by atoms with van der Waals surface area (Å²) in [5.41, 5.74) is 0. The molecule has 0 radical (unpaired) electrons. The van der Waals surface area contributed by atoms with Gasteiger partial charge in [0, 0.05) is 19.0 Å². The topological polar surface area (TPSA) is 37.4 Å². The Labute approximate surface area is 175 Å². The van der Waals surface area contributed by atoms with Crippen LogP contribution in [0.3, 0.4) is 0 Å². The molecular weight excluding hydrogens is 378 g/mol. The van der Waals surface area contributed by atoms with Crippen LogP contribution in [0.25, 0.3) is 0 Å². The maximum absolute atomic E-state index is 12.0. The predicted octanol–water partition coefficient (Wildman–Crippen LogP) is 7.14. The van der Waals surface area contributed by atoms with Crippen LogP contribution in [0.4, 0.5) is 0 Å². The Balaban J connectivity index is 3.35. The van der Waals surface area contributed by atoms with E-state index in [4.69, 9.17) is 11.6 Å². The third-order valence-corrected chi connectivity index (χ3v) is 7.70. The van der Waals surface area contributed by atoms with Crippen molar-refractivity contribution >= 4 is 21.6 Å². The second-order valence-corrected chi connectivity index (χ2v) is 10.3. The molecule has 0 rings (SSSR count). The standard InChI is InChI=1S/C22H46ClNO2S/c1-3-5-6-7-8-9-10-11-12-13-14-15-16-17-18-19-21-24(4-2)27(25,26)22-20-23/h3-22H2,1-2H3. The first-order chi connectivity index (χ1) is 13.1. The van der Waals surface area contributed by atoms with Gasteiger partial charge in [0.15, 0.2) is 0 Å². The molecule has 0 unspecified atom stereocenters. The smallest absolute Gasteiger partial charge is 0.212 e. The van der Waals surface area contributed by atoms with Gasteiger partial charge in [-0.2, -0.15) is 0 Å². The normalized spacial score (nSPS) is 12.1. The van der Waals surface area contributed by atoms with Crippen molar-refractivity contribution in [3.8, 4) is 0 Å². The van der Waals surface area contributed by atoms with Gasteiger partial charge in [-0.15, -0.1) is 11.6 Å². The van der Waals surface area contributed by atoms with Crippen molar-refractivity contribution < 1.29 is 8.42 Å². The summed E-state index contributed by atoms with van der Waals surface area (Å²) in [5.74, 6) is 0.235. The minimum Gasteiger partial charge on any atom is -0.212 e. The van der Waals surface area contributed by atoms with Gasteiger partial charge in [-0.25, -0.2) is 12.7 Å². The Morgan fingerprint density at radius 2 is 1.00 bits per heavy atom. The second-order valence-electron chi connectivity index (χ2n) is 7.80. The van der Waals surface area contributed by atoms with Gasteiger partial charge in [-0.1, -0.05) is 110 Å². The minimum atomic E-state index is -3.14. The van der Waals surface area contributed by atoms with Crippen molar-refractivity contribution in [2.24, 2.45) is 0 Å². The Kier molecular flexibility index (Phi) is 19.7. The Morgan fingerprint density at radius 1 is 0.630 bits per heavy atom. The third kappa shape index (κ3) is 16.8. The zero-order valence-electron chi connectivity index (χ0n) is 18.2. The van der Waals surface area contributed by atoms with Gasteiger partial charge in [-0.3, -0.25) is 0 Å². The highest BCUT2D eigenvalue weighted by molar-refractivity contribution is 7.89. The van der Waals surface area contributed by atoms with Gasteiger partial charge in [0.25, 0.3) is 0 Å². The van der Waals surface area contributed by atoms with Crippen molar-refractivity contribution in [2.75, 3.05) is 24.7 Å². The minimum absolute atomic E-state index is 0.0568. The molecular formula is C22H46ClNO2S. The molecule has 0 N–H and O–H groups in total. The average Bonchev–Trinajstić information content (AvgIpc) is 2.64. The number of nitrogens with zero attached hydrogens (tertiary/aromatic N) is 1. The van der Waals surface area contributed by atoms with Crippen LogP contribution < -0.4 is 0 Å². The van der Waals surface area contributed by atoms with Crippen LogP contribution in [-0.4, -0.2) is 37.4 Å². The third-order valence-electron chi connectivity index (χ3n) is 5.34. The van der Waals surface area contributed by atoms with Crippen LogP contribution in [0, 0.1) is 0 Å². The van der Waals surface area contributed by atoms with Gasteiger partial charge in [0.1, 0.15) is 0 Å². The van der Waals surface area contributed by atoms with Crippen molar-refractivity contribution in [1.82, 2.24) is 4.31 Å². The van der Waals surface area contributed by atoms with Gasteiger partial charge in [-0.05, 0) is 6.42 Å². The molecule has 27 heavy (non-hydrogen) atoms. The van der Waals surface area contributed by atoms with Crippen LogP contribution in [0.5, 0.6) is 0 Å². The number of hydrogen-bond donors (Lipinski definition) is 0. The lowest BCUT2D eigenvalue weighted by atomic mass is 10.0. The van der Waals surface area contributed by atoms with Crippen molar-refractivity contribution in [1.29, 1.82) is 0 Å². The lowest BCUT2D eigenvalue weighted by Crippen LogP contribution is -2.34. The van der Waals surface area contributed by atoms with E-state index in [1.54, 1.807) is 4.31 Å². The molecule has 0 aromatic rings. The number of hydrogen-bond acceptors (Lipinski definition) is 2. The molecule has 0 atom stereocenters. The first-order valence-electron chi connectivity index (χ1n) is 11.6. The van der Waals surface area contributed by atoms with Crippen LogP contribution >= 0.6 is 11.6 Å². The molecule has 0 aliphatic carbocycles. The monoisotopic (exact) mass is 423 g/mol. The molecule has 0 aliphatic heterocycles. The van der Waals surface area contributed by atoms with Crippen molar-refractivity contribution in [3.63, 3.8) is 0 Å². The first kappa shape index (κ1) is 27.2. The average molecular weight is 424 g/mol. The van der Waals surface area contributed by atoms with E-state index >= 15 is 0 Å². The number of halogens is 1. The predicted molar refractivity (Wildman–Crippen MR) is 121 cm³/mol. The van der Waals surface area contributed by atoms with Gasteiger partial charge >= 0.3 is 0 Å². The van der Waals surface area contributed by atoms with E-state index in [1.807, 2.05) is 6.92 Å². The Morgan fingerprint density at radius 3 is 1.33 bits per heavy atom. The maximum atomic E-state index is 12.0. The summed E-state index contributed by atoms with van der Waals surface area (Å²) in [6.45, 7) is 5.38. The molecule has 0 aliphatic rings. The van der Waals surface area contributed by atoms with E-state index in [-0.39, 0.29) is 11.6 Å². The maximum Gasteiger partial charge on any atom is 0.215 e. The van der Waals surface area contributed by atoms with Gasteiger partial charge < -0.3 is 0 Å². The fraction of sp³-hybridized carbons (Fsp3) is 1.00. The SMILES string of the molecule is CCCCCCCCCCCCCCCCCCN(CC)S(=O)(=O)CCCl. The highest BCUT2D eigenvalue weighted by atomic mass is 35.5. The summed E-state index contributed by atoms with van der Waals surface area (Å²) in [7, 11) is -3.14. The summed E-state index contributed by atoms with van der Waals surface area (Å²) in [6.07, 6.45) is 21.4. The lowest BCUT2D eigenvalue weighted by Gasteiger charge is -2.19. The number of sulfonamides is 1. The lowest BCUT2D eigenvalue weighted by molar-refractivity contribution is 0.411. The van der Waals surface area contributed by atoms with Gasteiger partial charge in [0.05, 0.1) is 5.75 Å². The first-order valence-corrected chi connectivity index (χ1v) is 13.8. The molecule has 164 valence electrons. The van der Waals surface area contributed by atoms with Crippen LogP contribution in [0.15, 0.2) is 0 Å². The largest absolute Gasteiger partial charge is 0.215 e. The molecule has 0 aromatic heterocycles. The molecule has 0 fully saturated rings. The molecule has 5 heteroatoms. The summed E-state index contributed by atoms with van der Waals surface area (Å²) < 4.78 is 25.6. The molecule has 0 amide bonds. The molecule has 3 nitrogen and oxygen atoms in total. The van der Waals surface area contributed by atoms with Crippen LogP contribution in [-0.2, 0) is 10.0 Å². The quantitative estimate of drug-likeness (QED) is 0.145. The molecule has 0 saturated carbocycles. The Bertz CT molecular complexity index is 401. The van der Waals surface area contributed by atoms with Crippen LogP contribution in [0.1, 0.15) is 117 Å². The summed E-state index contributed by atoms with van der Waals surface area (Å²) in [6, 6.07) is 0. The fourth-order valence-corrected chi connectivity index (χ4v) is 5.40. The summed E-state index contributed by atoms with van der Waals surface area (Å²) in [5, 5.41) is 0. The molecule has 0 saturated heterocycles. The number of alkyl halides is 1. The molecule has 0 aromatic carbocycles. The second kappa shape index (κ2) is 19.5. The highest BCUT2D eigenvalue weighted by Gasteiger charge is 2.18. The van der Waals surface area contributed by atoms with E-state index in [1.165, 1.54) is 89.9 Å². The molecule has 0 heterocycles. The number of unbranched alkanes of at least 4 members (excludes halogenated alkanes) is 15. The van der Waals surface area contributed by atoms with E-state index < -0.39 is 10.0 Å². The number of rotatable bonds is 21. The zero-order chi connectivity index (χ0) is 20.2. The van der Waals surface area contributed by atoms with Crippen molar-refractivity contribution in [2.45, 2.75) is 117 Å². The van der Waals surface area contributed by atoms with E-state index in [2.05, 4.69) is 6.92 Å². The van der Waals surface area contributed by atoms with E-state index in [9.17, 15) is 8.42 Å². The fourth-order valence-electron chi connectivity index (χ4n) is 3.56. The molecule has 0 bridgehead atoms. The highest BCUT2D eigenvalue weighted by Crippen LogP contribution is 2.14. The molecule has 0 spiro atoms.